The van der Waals surface area contributed by atoms with Crippen molar-refractivity contribution in [1.82, 2.24) is 20.2 Å². The predicted molar refractivity (Wildman–Crippen MR) is 166 cm³/mol. The van der Waals surface area contributed by atoms with E-state index in [0.717, 1.165) is 43.1 Å². The molecule has 4 N–H and O–H groups in total. The van der Waals surface area contributed by atoms with E-state index in [9.17, 15) is 28.7 Å². The van der Waals surface area contributed by atoms with Gasteiger partial charge in [-0.1, -0.05) is 67.7 Å². The number of hydrogen-bond donors (Lipinski definition) is 4. The van der Waals surface area contributed by atoms with E-state index >= 15 is 0 Å². The van der Waals surface area contributed by atoms with E-state index in [1.165, 1.54) is 0 Å². The molecular weight excluding hydrogens is 571 g/mol. The number of amides is 2. The van der Waals surface area contributed by atoms with E-state index < -0.39 is 41.6 Å². The Morgan fingerprint density at radius 3 is 2.23 bits per heavy atom. The van der Waals surface area contributed by atoms with Gasteiger partial charge in [0.05, 0.1) is 12.3 Å². The Balaban J connectivity index is 1.47. The van der Waals surface area contributed by atoms with Crippen molar-refractivity contribution in [3.63, 3.8) is 0 Å². The van der Waals surface area contributed by atoms with Crippen LogP contribution in [-0.2, 0) is 14.3 Å². The molecule has 0 aliphatic carbocycles. The molecule has 2 amide bonds. The molecule has 0 aromatic carbocycles. The van der Waals surface area contributed by atoms with Gasteiger partial charge in [0.1, 0.15) is 18.9 Å². The number of halogens is 1. The van der Waals surface area contributed by atoms with Gasteiger partial charge in [-0.25, -0.2) is 9.59 Å². The maximum Gasteiger partial charge on any atom is 0.407 e. The molecule has 1 aliphatic heterocycles. The molecule has 12 heteroatoms. The summed E-state index contributed by atoms with van der Waals surface area (Å²) < 4.78 is 24.9. The molecule has 0 spiro atoms. The lowest BCUT2D eigenvalue weighted by Gasteiger charge is -2.16. The van der Waals surface area contributed by atoms with Crippen molar-refractivity contribution < 1.29 is 28.6 Å². The van der Waals surface area contributed by atoms with Crippen molar-refractivity contribution in [2.24, 2.45) is 0 Å². The molecule has 3 atom stereocenters. The number of aliphatic hydroxyl groups is 1. The van der Waals surface area contributed by atoms with Gasteiger partial charge in [0.15, 0.2) is 0 Å². The van der Waals surface area contributed by atoms with Crippen molar-refractivity contribution in [3.05, 3.63) is 93.6 Å². The molecule has 1 aliphatic rings. The summed E-state index contributed by atoms with van der Waals surface area (Å²) >= 11 is 0. The number of nitrogens with zero attached hydrogens (tertiary/aromatic N) is 1. The first-order valence-corrected chi connectivity index (χ1v) is 15.1. The highest BCUT2D eigenvalue weighted by molar-refractivity contribution is 5.75. The maximum absolute atomic E-state index is 13.5. The number of ether oxygens (including phenoxy) is 2. The van der Waals surface area contributed by atoms with Crippen LogP contribution >= 0.6 is 0 Å². The highest BCUT2D eigenvalue weighted by Crippen LogP contribution is 2.27. The lowest BCUT2D eigenvalue weighted by Crippen LogP contribution is -2.37. The Hall–Kier alpha value is -4.03. The van der Waals surface area contributed by atoms with E-state index in [-0.39, 0.29) is 32.0 Å². The van der Waals surface area contributed by atoms with Gasteiger partial charge in [0.2, 0.25) is 11.7 Å². The quantitative estimate of drug-likeness (QED) is 0.135. The largest absolute Gasteiger partial charge is 0.447 e. The van der Waals surface area contributed by atoms with Crippen LogP contribution in [0.25, 0.3) is 0 Å². The highest BCUT2D eigenvalue weighted by Gasteiger charge is 2.36. The monoisotopic (exact) mass is 616 g/mol. The van der Waals surface area contributed by atoms with Crippen LogP contribution in [0.3, 0.4) is 0 Å². The van der Waals surface area contributed by atoms with E-state index in [1.54, 1.807) is 0 Å². The third-order valence-corrected chi connectivity index (χ3v) is 6.47. The molecule has 0 radical (unpaired) electrons. The van der Waals surface area contributed by atoms with Gasteiger partial charge in [0.25, 0.3) is 5.56 Å². The van der Waals surface area contributed by atoms with Crippen LogP contribution in [0, 0.1) is 5.82 Å². The van der Waals surface area contributed by atoms with Crippen molar-refractivity contribution in [3.8, 4) is 0 Å². The van der Waals surface area contributed by atoms with Crippen LogP contribution < -0.4 is 21.9 Å². The molecule has 1 aromatic rings. The first-order valence-electron chi connectivity index (χ1n) is 15.1. The zero-order chi connectivity index (χ0) is 32.0. The number of aliphatic hydroxyl groups excluding tert-OH is 1. The number of nitrogens with one attached hydrogen (secondary N) is 3. The van der Waals surface area contributed by atoms with E-state index in [4.69, 9.17) is 9.47 Å². The van der Waals surface area contributed by atoms with Crippen molar-refractivity contribution in [2.75, 3.05) is 19.7 Å². The summed E-state index contributed by atoms with van der Waals surface area (Å²) in [6.45, 7) is 2.18. The van der Waals surface area contributed by atoms with Gasteiger partial charge in [0, 0.05) is 25.9 Å². The number of rotatable bonds is 19. The number of carbonyl (C=O) groups is 2. The molecule has 44 heavy (non-hydrogen) atoms. The third kappa shape index (κ3) is 14.9. The standard InChI is InChI=1S/C32H45FN4O7/c1-2-3-4-5-6-7-8-9-10-11-12-13-14-15-16-17-18-19-28(39)34-20-21-35-32(42)43-24-27-26(38)22-29(44-27)37-23-25(33)30(40)36-31(37)41/h3-4,6-7,9-10,12-13,15-16,23,26-27,29,38H,2,5,8,11,14,17-22,24H2,1H3,(H,34,39)(H,35,42)(H,36,40,41). The van der Waals surface area contributed by atoms with Crippen molar-refractivity contribution >= 4 is 12.0 Å². The molecule has 3 unspecified atom stereocenters. The first kappa shape index (κ1) is 36.2. The van der Waals surface area contributed by atoms with Crippen LogP contribution in [0.15, 0.2) is 76.5 Å². The van der Waals surface area contributed by atoms with Crippen LogP contribution in [0.4, 0.5) is 9.18 Å². The molecule has 1 saturated heterocycles. The van der Waals surface area contributed by atoms with Gasteiger partial charge >= 0.3 is 11.8 Å². The molecule has 1 aromatic heterocycles. The maximum atomic E-state index is 13.5. The van der Waals surface area contributed by atoms with Gasteiger partial charge in [-0.15, -0.1) is 0 Å². The number of H-pyrrole nitrogens is 1. The average molecular weight is 617 g/mol. The molecule has 2 rings (SSSR count). The normalized spacial score (nSPS) is 18.8. The second kappa shape index (κ2) is 21.6. The van der Waals surface area contributed by atoms with Gasteiger partial charge < -0.3 is 25.2 Å². The van der Waals surface area contributed by atoms with Crippen molar-refractivity contribution in [2.45, 2.75) is 83.1 Å². The van der Waals surface area contributed by atoms with Crippen LogP contribution in [-0.4, -0.2) is 58.6 Å². The number of aromatic amines is 1. The second-order valence-corrected chi connectivity index (χ2v) is 10.1. The zero-order valence-electron chi connectivity index (χ0n) is 25.3. The SMILES string of the molecule is CCC=CCC=CCC=CCC=CCC=CCCCC(=O)NCCNC(=O)OCC1OC(n2cc(F)c(=O)[nH]c2=O)CC1O. The highest BCUT2D eigenvalue weighted by atomic mass is 19.1. The summed E-state index contributed by atoms with van der Waals surface area (Å²) in [5.74, 6) is -1.28. The summed E-state index contributed by atoms with van der Waals surface area (Å²) in [4.78, 5) is 48.8. The summed E-state index contributed by atoms with van der Waals surface area (Å²) in [6.07, 6.45) is 24.9. The Morgan fingerprint density at radius 2 is 1.59 bits per heavy atom. The minimum atomic E-state index is -1.17. The fourth-order valence-electron chi connectivity index (χ4n) is 4.12. The Bertz CT molecular complexity index is 1280. The average Bonchev–Trinajstić information content (AvgIpc) is 3.37. The fourth-order valence-corrected chi connectivity index (χ4v) is 4.12. The van der Waals surface area contributed by atoms with Gasteiger partial charge in [-0.3, -0.25) is 19.1 Å². The number of alkyl carbamates (subject to hydrolysis) is 1. The Labute approximate surface area is 257 Å². The minimum Gasteiger partial charge on any atom is -0.447 e. The predicted octanol–water partition coefficient (Wildman–Crippen LogP) is 4.09. The molecule has 242 valence electrons. The van der Waals surface area contributed by atoms with Gasteiger partial charge in [-0.2, -0.15) is 4.39 Å². The lowest BCUT2D eigenvalue weighted by atomic mass is 10.2. The number of carbonyl (C=O) groups excluding carboxylic acids is 2. The summed E-state index contributed by atoms with van der Waals surface area (Å²) in [5.41, 5.74) is -2.04. The van der Waals surface area contributed by atoms with Crippen LogP contribution in [0.2, 0.25) is 0 Å². The minimum absolute atomic E-state index is 0.0614. The molecule has 0 saturated carbocycles. The summed E-state index contributed by atoms with van der Waals surface area (Å²) in [5, 5.41) is 15.4. The fraction of sp³-hybridized carbons (Fsp3) is 0.500. The first-order chi connectivity index (χ1) is 21.3. The number of allylic oxidation sites excluding steroid dienone is 10. The van der Waals surface area contributed by atoms with Crippen LogP contribution in [0.1, 0.15) is 70.9 Å². The summed E-state index contributed by atoms with van der Waals surface area (Å²) in [7, 11) is 0. The molecule has 0 bridgehead atoms. The zero-order valence-corrected chi connectivity index (χ0v) is 25.3. The lowest BCUT2D eigenvalue weighted by molar-refractivity contribution is -0.121. The van der Waals surface area contributed by atoms with Crippen LogP contribution in [0.5, 0.6) is 0 Å². The Morgan fingerprint density at radius 1 is 1.00 bits per heavy atom. The molecule has 1 fully saturated rings. The molecular formula is C32H45FN4O7. The second-order valence-electron chi connectivity index (χ2n) is 10.1. The van der Waals surface area contributed by atoms with E-state index in [0.29, 0.717) is 19.0 Å². The number of unbranched alkanes of at least 4 members (excludes halogenated alkanes) is 1. The number of hydrogen-bond acceptors (Lipinski definition) is 7. The third-order valence-electron chi connectivity index (χ3n) is 6.47. The van der Waals surface area contributed by atoms with E-state index in [1.807, 2.05) is 4.98 Å². The smallest absolute Gasteiger partial charge is 0.407 e. The Kier molecular flexibility index (Phi) is 17.8. The van der Waals surface area contributed by atoms with Crippen molar-refractivity contribution in [1.29, 1.82) is 0 Å². The molecule has 2 heterocycles. The molecule has 11 nitrogen and oxygen atoms in total. The summed E-state index contributed by atoms with van der Waals surface area (Å²) in [6, 6.07) is 0. The topological polar surface area (TPSA) is 152 Å². The van der Waals surface area contributed by atoms with E-state index in [2.05, 4.69) is 78.3 Å². The number of aromatic nitrogens is 2. The van der Waals surface area contributed by atoms with Gasteiger partial charge in [-0.05, 0) is 44.9 Å².